The molecular weight excluding hydrogens is 723 g/mol. The van der Waals surface area contributed by atoms with E-state index in [1.54, 1.807) is 11.8 Å². The number of aromatic nitrogens is 2. The molecule has 0 N–H and O–H groups in total. The summed E-state index contributed by atoms with van der Waals surface area (Å²) in [7, 11) is 0. The topological polar surface area (TPSA) is 49.6 Å². The third-order valence-corrected chi connectivity index (χ3v) is 12.7. The van der Waals surface area contributed by atoms with E-state index in [2.05, 4.69) is 176 Å². The number of rotatable bonds is 5. The predicted octanol–water partition coefficient (Wildman–Crippen LogP) is 13.5. The van der Waals surface area contributed by atoms with Crippen LogP contribution in [0.25, 0.3) is 67.3 Å². The zero-order chi connectivity index (χ0) is 38.6. The molecule has 8 aromatic carbocycles. The molecule has 270 valence electrons. The van der Waals surface area contributed by atoms with Gasteiger partial charge in [-0.05, 0) is 86.0 Å². The van der Waals surface area contributed by atoms with E-state index < -0.39 is 5.41 Å². The van der Waals surface area contributed by atoms with Crippen molar-refractivity contribution in [3.05, 3.63) is 228 Å². The fourth-order valence-electron chi connectivity index (χ4n) is 8.94. The lowest BCUT2D eigenvalue weighted by molar-refractivity contribution is 0.722. The van der Waals surface area contributed by atoms with Gasteiger partial charge in [0, 0.05) is 26.5 Å². The lowest BCUT2D eigenvalue weighted by Crippen LogP contribution is -2.32. The van der Waals surface area contributed by atoms with Crippen molar-refractivity contribution in [1.82, 2.24) is 9.97 Å². The molecule has 0 amide bonds. The van der Waals surface area contributed by atoms with Gasteiger partial charge in [0.05, 0.1) is 28.4 Å². The first-order valence-electron chi connectivity index (χ1n) is 19.4. The molecule has 58 heavy (non-hydrogen) atoms. The summed E-state index contributed by atoms with van der Waals surface area (Å²) in [5.41, 5.74) is 17.1. The summed E-state index contributed by atoms with van der Waals surface area (Å²) < 4.78 is 0. The van der Waals surface area contributed by atoms with Crippen molar-refractivity contribution in [3.63, 3.8) is 0 Å². The van der Waals surface area contributed by atoms with Crippen LogP contribution in [0.4, 0.5) is 0 Å². The van der Waals surface area contributed by atoms with Crippen molar-refractivity contribution in [2.24, 2.45) is 0 Å². The van der Waals surface area contributed by atoms with E-state index in [4.69, 9.17) is 9.97 Å². The van der Waals surface area contributed by atoms with Crippen molar-refractivity contribution in [2.75, 3.05) is 0 Å². The molecule has 1 spiro atoms. The smallest absolute Gasteiger partial charge is 0.160 e. The van der Waals surface area contributed by atoms with Crippen LogP contribution in [0.3, 0.4) is 0 Å². The van der Waals surface area contributed by atoms with Gasteiger partial charge in [0.25, 0.3) is 0 Å². The van der Waals surface area contributed by atoms with Gasteiger partial charge >= 0.3 is 0 Å². The molecule has 1 aliphatic heterocycles. The van der Waals surface area contributed by atoms with Gasteiger partial charge in [-0.25, -0.2) is 9.97 Å². The largest absolute Gasteiger partial charge is 0.228 e. The van der Waals surface area contributed by atoms with Gasteiger partial charge in [0.2, 0.25) is 0 Å². The minimum atomic E-state index is -0.498. The fraction of sp³-hybridized carbons (Fsp3) is 0.0185. The van der Waals surface area contributed by atoms with E-state index in [0.29, 0.717) is 11.4 Å². The second kappa shape index (κ2) is 13.7. The average molecular weight is 756 g/mol. The molecule has 0 unspecified atom stereocenters. The Morgan fingerprint density at radius 3 is 1.57 bits per heavy atom. The van der Waals surface area contributed by atoms with Gasteiger partial charge in [-0.15, -0.1) is 0 Å². The van der Waals surface area contributed by atoms with Crippen LogP contribution in [0.15, 0.2) is 210 Å². The Kier molecular flexibility index (Phi) is 8.03. The van der Waals surface area contributed by atoms with Gasteiger partial charge in [-0.3, -0.25) is 0 Å². The Labute approximate surface area is 342 Å². The molecule has 0 saturated carbocycles. The van der Waals surface area contributed by atoms with Crippen LogP contribution in [-0.2, 0) is 5.41 Å². The first kappa shape index (κ1) is 34.0. The van der Waals surface area contributed by atoms with E-state index in [9.17, 15) is 5.26 Å². The van der Waals surface area contributed by atoms with Crippen LogP contribution in [0.1, 0.15) is 27.8 Å². The van der Waals surface area contributed by atoms with Crippen molar-refractivity contribution in [1.29, 1.82) is 5.26 Å². The molecule has 0 fully saturated rings. The van der Waals surface area contributed by atoms with Crippen molar-refractivity contribution in [3.8, 4) is 73.4 Å². The predicted molar refractivity (Wildman–Crippen MR) is 235 cm³/mol. The summed E-state index contributed by atoms with van der Waals surface area (Å²) in [5.74, 6) is 0.689. The molecule has 9 aromatic rings. The van der Waals surface area contributed by atoms with E-state index in [1.165, 1.54) is 49.4 Å². The highest BCUT2D eigenvalue weighted by Crippen LogP contribution is 2.62. The van der Waals surface area contributed by atoms with Crippen LogP contribution in [0.5, 0.6) is 0 Å². The van der Waals surface area contributed by atoms with Gasteiger partial charge in [0.1, 0.15) is 0 Å². The summed E-state index contributed by atoms with van der Waals surface area (Å²) in [6, 6.07) is 73.2. The quantitative estimate of drug-likeness (QED) is 0.175. The number of hydrogen-bond donors (Lipinski definition) is 0. The van der Waals surface area contributed by atoms with Gasteiger partial charge in [0.15, 0.2) is 5.82 Å². The molecule has 11 rings (SSSR count). The van der Waals surface area contributed by atoms with E-state index in [-0.39, 0.29) is 0 Å². The molecule has 2 heterocycles. The number of nitriles is 1. The third-order valence-electron chi connectivity index (χ3n) is 11.6. The van der Waals surface area contributed by atoms with Crippen molar-refractivity contribution < 1.29 is 0 Å². The molecule has 4 heteroatoms. The summed E-state index contributed by atoms with van der Waals surface area (Å²) in [4.78, 5) is 12.6. The highest BCUT2D eigenvalue weighted by Gasteiger charge is 2.50. The maximum atomic E-state index is 9.97. The number of hydrogen-bond acceptors (Lipinski definition) is 4. The van der Waals surface area contributed by atoms with E-state index in [1.807, 2.05) is 30.3 Å². The fourth-order valence-corrected chi connectivity index (χ4v) is 10.2. The molecule has 0 saturated heterocycles. The zero-order valence-corrected chi connectivity index (χ0v) is 32.1. The zero-order valence-electron chi connectivity index (χ0n) is 31.3. The average Bonchev–Trinajstić information content (AvgIpc) is 3.59. The van der Waals surface area contributed by atoms with E-state index >= 15 is 0 Å². The Morgan fingerprint density at radius 2 is 0.879 bits per heavy atom. The highest BCUT2D eigenvalue weighted by atomic mass is 32.2. The number of nitrogens with zero attached hydrogens (tertiary/aromatic N) is 3. The third kappa shape index (κ3) is 5.44. The molecule has 0 radical (unpaired) electrons. The molecule has 3 nitrogen and oxygen atoms in total. The lowest BCUT2D eigenvalue weighted by atomic mass is 9.67. The van der Waals surface area contributed by atoms with Crippen LogP contribution in [0, 0.1) is 11.3 Å². The molecular formula is C54H33N3S. The Hall–Kier alpha value is -7.32. The van der Waals surface area contributed by atoms with Crippen LogP contribution in [-0.4, -0.2) is 9.97 Å². The number of benzene rings is 8. The minimum absolute atomic E-state index is 0.498. The molecule has 1 aromatic heterocycles. The second-order valence-electron chi connectivity index (χ2n) is 14.8. The Balaban J connectivity index is 1.03. The Bertz CT molecular complexity index is 3050. The maximum Gasteiger partial charge on any atom is 0.160 e. The monoisotopic (exact) mass is 755 g/mol. The summed E-state index contributed by atoms with van der Waals surface area (Å²) >= 11 is 1.76. The lowest BCUT2D eigenvalue weighted by Gasteiger charge is -2.40. The Morgan fingerprint density at radius 1 is 0.379 bits per heavy atom. The van der Waals surface area contributed by atoms with Gasteiger partial charge in [-0.2, -0.15) is 5.26 Å². The maximum absolute atomic E-state index is 9.97. The van der Waals surface area contributed by atoms with Crippen LogP contribution in [0.2, 0.25) is 0 Å². The molecule has 1 aliphatic carbocycles. The SMILES string of the molecule is N#Cc1ccc2c(c1)Sc1cc(-c3cccc(-c4cc(-c5ccc(-c6ccccc6)cc5)nc(-c5ccccc5)n4)c3)ccc1C21c2ccccc2-c2ccccc21. The van der Waals surface area contributed by atoms with Gasteiger partial charge < -0.3 is 0 Å². The number of fused-ring (bicyclic) bond motifs is 9. The molecule has 0 bridgehead atoms. The minimum Gasteiger partial charge on any atom is -0.228 e. The normalized spacial score (nSPS) is 12.9. The van der Waals surface area contributed by atoms with Gasteiger partial charge in [-0.1, -0.05) is 182 Å². The molecule has 2 aliphatic rings. The summed E-state index contributed by atoms with van der Waals surface area (Å²) in [6.45, 7) is 0. The first-order chi connectivity index (χ1) is 28.7. The molecule has 0 atom stereocenters. The summed E-state index contributed by atoms with van der Waals surface area (Å²) in [6.07, 6.45) is 0. The van der Waals surface area contributed by atoms with Crippen LogP contribution >= 0.6 is 11.8 Å². The van der Waals surface area contributed by atoms with Crippen molar-refractivity contribution in [2.45, 2.75) is 15.2 Å². The first-order valence-corrected chi connectivity index (χ1v) is 20.3. The standard InChI is InChI=1S/C54H33N3S/c55-34-35-22-28-47-51(30-35)58-52-32-41(27-29-48(52)54(47)45-20-9-7-18-43(45)44-19-8-10-21-46(44)54)40-16-11-17-42(31-40)50-33-49(56-53(57-50)39-14-5-2-6-15-39)38-25-23-37(24-26-38)36-12-3-1-4-13-36/h1-33H. The van der Waals surface area contributed by atoms with E-state index in [0.717, 1.165) is 44.1 Å². The van der Waals surface area contributed by atoms with Crippen molar-refractivity contribution >= 4 is 11.8 Å². The van der Waals surface area contributed by atoms with Crippen LogP contribution < -0.4 is 0 Å². The highest BCUT2D eigenvalue weighted by molar-refractivity contribution is 7.99. The second-order valence-corrected chi connectivity index (χ2v) is 15.9. The summed E-state index contributed by atoms with van der Waals surface area (Å²) in [5, 5.41) is 9.97.